The first-order valence-electron chi connectivity index (χ1n) is 5.66. The molecule has 2 rings (SSSR count). The second kappa shape index (κ2) is 4.43. The van der Waals surface area contributed by atoms with Crippen molar-refractivity contribution in [3.63, 3.8) is 0 Å². The van der Waals surface area contributed by atoms with E-state index < -0.39 is 0 Å². The van der Waals surface area contributed by atoms with Gasteiger partial charge in [0.1, 0.15) is 0 Å². The molecule has 1 aromatic rings. The molecular weight excluding hydrogens is 202 g/mol. The van der Waals surface area contributed by atoms with Gasteiger partial charge in [-0.3, -0.25) is 4.90 Å². The first-order valence-corrected chi connectivity index (χ1v) is 5.66. The summed E-state index contributed by atoms with van der Waals surface area (Å²) in [5.74, 6) is 0. The fraction of sp³-hybridized carbons (Fsp3) is 0.417. The minimum atomic E-state index is -0.0325. The number of carbonyl (C=O) groups is 1. The third-order valence-electron chi connectivity index (χ3n) is 2.90. The Morgan fingerprint density at radius 2 is 2.31 bits per heavy atom. The number of amides is 2. The van der Waals surface area contributed by atoms with Crippen molar-refractivity contribution in [2.75, 3.05) is 23.7 Å². The van der Waals surface area contributed by atoms with Crippen molar-refractivity contribution in [2.24, 2.45) is 0 Å². The lowest BCUT2D eigenvalue weighted by atomic mass is 10.1. The molecule has 1 aliphatic heterocycles. The first kappa shape index (κ1) is 10.8. The van der Waals surface area contributed by atoms with Crippen molar-refractivity contribution in [3.05, 3.63) is 23.8 Å². The molecular formula is C12H17N3O. The predicted molar refractivity (Wildman–Crippen MR) is 65.6 cm³/mol. The van der Waals surface area contributed by atoms with Gasteiger partial charge in [-0.1, -0.05) is 13.0 Å². The van der Waals surface area contributed by atoms with Gasteiger partial charge in [0.2, 0.25) is 0 Å². The number of nitrogens with one attached hydrogen (secondary N) is 1. The molecule has 1 heterocycles. The van der Waals surface area contributed by atoms with Gasteiger partial charge in [-0.25, -0.2) is 4.79 Å². The van der Waals surface area contributed by atoms with Crippen LogP contribution in [0, 0.1) is 0 Å². The first-order chi connectivity index (χ1) is 7.72. The van der Waals surface area contributed by atoms with E-state index in [2.05, 4.69) is 12.2 Å². The molecule has 3 N–H and O–H groups in total. The largest absolute Gasteiger partial charge is 0.398 e. The lowest BCUT2D eigenvalue weighted by Gasteiger charge is -2.27. The van der Waals surface area contributed by atoms with Crippen LogP contribution in [-0.4, -0.2) is 19.1 Å². The van der Waals surface area contributed by atoms with Gasteiger partial charge in [-0.05, 0) is 30.5 Å². The molecule has 0 atom stereocenters. The van der Waals surface area contributed by atoms with Crippen LogP contribution in [0.15, 0.2) is 18.2 Å². The zero-order chi connectivity index (χ0) is 11.5. The van der Waals surface area contributed by atoms with Crippen molar-refractivity contribution in [1.82, 2.24) is 5.32 Å². The van der Waals surface area contributed by atoms with Crippen LogP contribution in [0.4, 0.5) is 16.2 Å². The number of rotatable bonds is 2. The molecule has 0 bridgehead atoms. The Labute approximate surface area is 95.4 Å². The molecule has 16 heavy (non-hydrogen) atoms. The van der Waals surface area contributed by atoms with Crippen LogP contribution in [0.3, 0.4) is 0 Å². The Morgan fingerprint density at radius 3 is 2.94 bits per heavy atom. The minimum Gasteiger partial charge on any atom is -0.398 e. The van der Waals surface area contributed by atoms with Crippen LogP contribution in [-0.2, 0) is 6.42 Å². The molecule has 4 nitrogen and oxygen atoms in total. The van der Waals surface area contributed by atoms with Crippen molar-refractivity contribution < 1.29 is 4.79 Å². The number of urea groups is 1. The summed E-state index contributed by atoms with van der Waals surface area (Å²) in [6, 6.07) is 5.80. The van der Waals surface area contributed by atoms with Gasteiger partial charge in [0.05, 0.1) is 0 Å². The molecule has 1 fully saturated rings. The van der Waals surface area contributed by atoms with Gasteiger partial charge in [-0.2, -0.15) is 0 Å². The number of hydrogen-bond acceptors (Lipinski definition) is 2. The normalized spacial score (nSPS) is 16.1. The highest BCUT2D eigenvalue weighted by molar-refractivity contribution is 5.93. The summed E-state index contributed by atoms with van der Waals surface area (Å²) in [6.45, 7) is 3.59. The number of nitrogens with zero attached hydrogens (tertiary/aromatic N) is 1. The van der Waals surface area contributed by atoms with Gasteiger partial charge in [0.25, 0.3) is 0 Å². The second-order valence-corrected chi connectivity index (χ2v) is 3.97. The maximum absolute atomic E-state index is 11.6. The number of benzene rings is 1. The highest BCUT2D eigenvalue weighted by Gasteiger charge is 2.19. The van der Waals surface area contributed by atoms with Crippen molar-refractivity contribution in [2.45, 2.75) is 19.8 Å². The van der Waals surface area contributed by atoms with Gasteiger partial charge in [0, 0.05) is 24.5 Å². The summed E-state index contributed by atoms with van der Waals surface area (Å²) in [4.78, 5) is 13.4. The van der Waals surface area contributed by atoms with E-state index in [0.717, 1.165) is 42.9 Å². The molecule has 0 unspecified atom stereocenters. The number of nitrogens with two attached hydrogens (primary N) is 1. The third-order valence-corrected chi connectivity index (χ3v) is 2.90. The van der Waals surface area contributed by atoms with Gasteiger partial charge in [-0.15, -0.1) is 0 Å². The maximum Gasteiger partial charge on any atom is 0.321 e. The fourth-order valence-electron chi connectivity index (χ4n) is 1.95. The predicted octanol–water partition coefficient (Wildman–Crippen LogP) is 1.75. The molecule has 0 spiro atoms. The van der Waals surface area contributed by atoms with Gasteiger partial charge >= 0.3 is 6.03 Å². The molecule has 0 saturated carbocycles. The monoisotopic (exact) mass is 219 g/mol. The standard InChI is InChI=1S/C12H17N3O/c1-2-9-4-5-10(8-11(9)13)15-7-3-6-14-12(15)16/h4-5,8H,2-3,6-7,13H2,1H3,(H,14,16). The lowest BCUT2D eigenvalue weighted by molar-refractivity contribution is 0.243. The summed E-state index contributed by atoms with van der Waals surface area (Å²) in [5.41, 5.74) is 8.70. The second-order valence-electron chi connectivity index (χ2n) is 3.97. The van der Waals surface area contributed by atoms with E-state index in [0.29, 0.717) is 0 Å². The molecule has 2 amide bonds. The van der Waals surface area contributed by atoms with Crippen molar-refractivity contribution in [3.8, 4) is 0 Å². The van der Waals surface area contributed by atoms with Crippen LogP contribution < -0.4 is 16.0 Å². The fourth-order valence-corrected chi connectivity index (χ4v) is 1.95. The number of aryl methyl sites for hydroxylation is 1. The van der Waals surface area contributed by atoms with E-state index in [-0.39, 0.29) is 6.03 Å². The quantitative estimate of drug-likeness (QED) is 0.744. The summed E-state index contributed by atoms with van der Waals surface area (Å²) in [7, 11) is 0. The van der Waals surface area contributed by atoms with Crippen LogP contribution in [0.1, 0.15) is 18.9 Å². The summed E-state index contributed by atoms with van der Waals surface area (Å²) >= 11 is 0. The smallest absolute Gasteiger partial charge is 0.321 e. The summed E-state index contributed by atoms with van der Waals surface area (Å²) in [6.07, 6.45) is 1.89. The molecule has 4 heteroatoms. The van der Waals surface area contributed by atoms with E-state index in [1.54, 1.807) is 4.90 Å². The van der Waals surface area contributed by atoms with Crippen LogP contribution in [0.25, 0.3) is 0 Å². The highest BCUT2D eigenvalue weighted by Crippen LogP contribution is 2.23. The highest BCUT2D eigenvalue weighted by atomic mass is 16.2. The number of carbonyl (C=O) groups excluding carboxylic acids is 1. The van der Waals surface area contributed by atoms with Crippen LogP contribution in [0.5, 0.6) is 0 Å². The number of nitrogen functional groups attached to an aromatic ring is 1. The average molecular weight is 219 g/mol. The van der Waals surface area contributed by atoms with E-state index >= 15 is 0 Å². The number of anilines is 2. The van der Waals surface area contributed by atoms with Gasteiger partial charge in [0.15, 0.2) is 0 Å². The Balaban J connectivity index is 2.26. The molecule has 0 radical (unpaired) electrons. The molecule has 1 saturated heterocycles. The molecule has 1 aliphatic rings. The lowest BCUT2D eigenvalue weighted by Crippen LogP contribution is -2.46. The zero-order valence-electron chi connectivity index (χ0n) is 9.49. The van der Waals surface area contributed by atoms with Crippen molar-refractivity contribution in [1.29, 1.82) is 0 Å². The Morgan fingerprint density at radius 1 is 1.50 bits per heavy atom. The Hall–Kier alpha value is -1.71. The SMILES string of the molecule is CCc1ccc(N2CCCNC2=O)cc1N. The third kappa shape index (κ3) is 1.96. The molecule has 86 valence electrons. The maximum atomic E-state index is 11.6. The topological polar surface area (TPSA) is 58.4 Å². The Bertz CT molecular complexity index is 403. The molecule has 0 aliphatic carbocycles. The zero-order valence-corrected chi connectivity index (χ0v) is 9.49. The number of hydrogen-bond donors (Lipinski definition) is 2. The summed E-state index contributed by atoms with van der Waals surface area (Å²) < 4.78 is 0. The van der Waals surface area contributed by atoms with E-state index in [4.69, 9.17) is 5.73 Å². The molecule has 0 aromatic heterocycles. The van der Waals surface area contributed by atoms with E-state index in [1.165, 1.54) is 0 Å². The minimum absolute atomic E-state index is 0.0325. The van der Waals surface area contributed by atoms with E-state index in [1.807, 2.05) is 18.2 Å². The van der Waals surface area contributed by atoms with E-state index in [9.17, 15) is 4.79 Å². The van der Waals surface area contributed by atoms with Gasteiger partial charge < -0.3 is 11.1 Å². The average Bonchev–Trinajstić information content (AvgIpc) is 2.29. The van der Waals surface area contributed by atoms with Crippen LogP contribution >= 0.6 is 0 Å². The van der Waals surface area contributed by atoms with Crippen molar-refractivity contribution >= 4 is 17.4 Å². The molecule has 1 aromatic carbocycles. The Kier molecular flexibility index (Phi) is 2.99. The summed E-state index contributed by atoms with van der Waals surface area (Å²) in [5, 5.41) is 2.82. The van der Waals surface area contributed by atoms with Crippen LogP contribution in [0.2, 0.25) is 0 Å².